The number of hydrogen-bond acceptors (Lipinski definition) is 1. The number of nitrogens with zero attached hydrogens (tertiary/aromatic N) is 1. The smallest absolute Gasteiger partial charge is 0.256 e. The van der Waals surface area contributed by atoms with Gasteiger partial charge in [-0.3, -0.25) is 4.98 Å². The molecule has 0 atom stereocenters. The van der Waals surface area contributed by atoms with Crippen molar-refractivity contribution in [1.29, 1.82) is 0 Å². The van der Waals surface area contributed by atoms with Gasteiger partial charge in [0.2, 0.25) is 0 Å². The molecule has 1 nitrogen and oxygen atoms in total. The molecule has 1 aromatic carbocycles. The van der Waals surface area contributed by atoms with E-state index in [0.29, 0.717) is 5.92 Å². The molecule has 111 valence electrons. The molecule has 5 heteroatoms. The van der Waals surface area contributed by atoms with Crippen LogP contribution in [0.1, 0.15) is 25.3 Å². The van der Waals surface area contributed by atoms with Crippen LogP contribution in [0.3, 0.4) is 0 Å². The largest absolute Gasteiger partial charge is 0.379 e. The molecule has 1 radical (unpaired) electrons. The van der Waals surface area contributed by atoms with Crippen molar-refractivity contribution in [3.8, 4) is 11.3 Å². The molecule has 0 saturated carbocycles. The summed E-state index contributed by atoms with van der Waals surface area (Å²) in [6.07, 6.45) is 1.97. The number of alkyl halides is 3. The maximum atomic E-state index is 9.67. The van der Waals surface area contributed by atoms with Crippen LogP contribution in [0.2, 0.25) is 0 Å². The van der Waals surface area contributed by atoms with Gasteiger partial charge < -0.3 is 0 Å². The zero-order valence-electron chi connectivity index (χ0n) is 11.2. The van der Waals surface area contributed by atoms with E-state index in [-0.39, 0.29) is 20.1 Å². The zero-order valence-corrected chi connectivity index (χ0v) is 13.6. The minimum atomic E-state index is -3.67. The van der Waals surface area contributed by atoms with Crippen molar-refractivity contribution in [3.05, 3.63) is 54.2 Å². The number of rotatable bonds is 2. The van der Waals surface area contributed by atoms with Gasteiger partial charge in [0.1, 0.15) is 0 Å². The van der Waals surface area contributed by atoms with E-state index in [1.165, 1.54) is 11.1 Å². The molecule has 0 fully saturated rings. The maximum absolute atomic E-state index is 9.67. The predicted octanol–water partition coefficient (Wildman–Crippen LogP) is 5.05. The Balaban J connectivity index is 0.000000644. The standard InChI is InChI=1S/C14H15N.CHF3.Ir/c1-11(2)13-8-9-14(15-10-13)12-6-4-3-5-7-12;2-1(3)4;/h3-11H,1-2H3;1H;. The maximum Gasteiger partial charge on any atom is 0.379 e. The van der Waals surface area contributed by atoms with Crippen molar-refractivity contribution >= 4 is 0 Å². The van der Waals surface area contributed by atoms with E-state index in [1.54, 1.807) is 0 Å². The first-order valence-electron chi connectivity index (χ1n) is 5.94. The number of pyridine rings is 1. The Kier molecular flexibility index (Phi) is 9.10. The van der Waals surface area contributed by atoms with Crippen molar-refractivity contribution in [2.24, 2.45) is 0 Å². The molecule has 0 aliphatic carbocycles. The van der Waals surface area contributed by atoms with Crippen LogP contribution in [0.5, 0.6) is 0 Å². The van der Waals surface area contributed by atoms with E-state index in [9.17, 15) is 13.2 Å². The molecule has 0 spiro atoms. The molecule has 2 rings (SSSR count). The van der Waals surface area contributed by atoms with Crippen LogP contribution < -0.4 is 0 Å². The molecule has 0 amide bonds. The Morgan fingerprint density at radius 1 is 0.900 bits per heavy atom. The van der Waals surface area contributed by atoms with Crippen LogP contribution in [0.15, 0.2) is 48.7 Å². The Bertz CT molecular complexity index is 469. The zero-order chi connectivity index (χ0) is 14.3. The average Bonchev–Trinajstić information content (AvgIpc) is 2.39. The molecule has 0 bridgehead atoms. The monoisotopic (exact) mass is 460 g/mol. The average molecular weight is 460 g/mol. The first kappa shape index (κ1) is 18.8. The Morgan fingerprint density at radius 2 is 1.45 bits per heavy atom. The van der Waals surface area contributed by atoms with Crippen LogP contribution in [0.25, 0.3) is 11.3 Å². The van der Waals surface area contributed by atoms with Crippen LogP contribution in [0, 0.1) is 0 Å². The molecule has 1 heterocycles. The van der Waals surface area contributed by atoms with Gasteiger partial charge in [-0.05, 0) is 17.5 Å². The van der Waals surface area contributed by atoms with E-state index in [1.807, 2.05) is 24.4 Å². The molecule has 0 aliphatic rings. The summed E-state index contributed by atoms with van der Waals surface area (Å²) in [5.41, 5.74) is 3.50. The molecule has 0 unspecified atom stereocenters. The number of aromatic nitrogens is 1. The normalized spacial score (nSPS) is 9.75. The molecule has 1 aromatic heterocycles. The van der Waals surface area contributed by atoms with Crippen LogP contribution in [-0.4, -0.2) is 11.7 Å². The first-order valence-corrected chi connectivity index (χ1v) is 5.94. The second-order valence-electron chi connectivity index (χ2n) is 4.24. The summed E-state index contributed by atoms with van der Waals surface area (Å²) < 4.78 is 29.0. The van der Waals surface area contributed by atoms with Crippen molar-refractivity contribution in [3.63, 3.8) is 0 Å². The number of halogens is 3. The van der Waals surface area contributed by atoms with E-state index in [4.69, 9.17) is 0 Å². The fourth-order valence-corrected chi connectivity index (χ4v) is 1.53. The molecular formula is C15H16F3IrN. The minimum absolute atomic E-state index is 0. The van der Waals surface area contributed by atoms with Crippen molar-refractivity contribution in [2.45, 2.75) is 26.4 Å². The molecule has 0 aliphatic heterocycles. The van der Waals surface area contributed by atoms with Gasteiger partial charge in [-0.2, -0.15) is 13.2 Å². The van der Waals surface area contributed by atoms with E-state index < -0.39 is 6.68 Å². The minimum Gasteiger partial charge on any atom is -0.256 e. The first-order chi connectivity index (χ1) is 9.00. The van der Waals surface area contributed by atoms with Gasteiger partial charge in [0.15, 0.2) is 0 Å². The fraction of sp³-hybridized carbons (Fsp3) is 0.267. The fourth-order valence-electron chi connectivity index (χ4n) is 1.53. The Hall–Kier alpha value is -1.19. The van der Waals surface area contributed by atoms with Gasteiger partial charge in [-0.1, -0.05) is 50.2 Å². The van der Waals surface area contributed by atoms with Crippen molar-refractivity contribution in [1.82, 2.24) is 4.98 Å². The van der Waals surface area contributed by atoms with Gasteiger partial charge in [0, 0.05) is 31.9 Å². The SMILES string of the molecule is CC(C)c1ccc(-c2ccccc2)nc1.FC(F)F.[Ir]. The van der Waals surface area contributed by atoms with Gasteiger partial charge in [-0.15, -0.1) is 0 Å². The third-order valence-electron chi connectivity index (χ3n) is 2.52. The molecular weight excluding hydrogens is 443 g/mol. The topological polar surface area (TPSA) is 12.9 Å². The summed E-state index contributed by atoms with van der Waals surface area (Å²) in [7, 11) is 0. The summed E-state index contributed by atoms with van der Waals surface area (Å²) in [5.74, 6) is 0.544. The molecule has 2 aromatic rings. The van der Waals surface area contributed by atoms with Crippen LogP contribution in [0.4, 0.5) is 13.2 Å². The van der Waals surface area contributed by atoms with Gasteiger partial charge >= 0.3 is 6.68 Å². The molecule has 0 N–H and O–H groups in total. The molecule has 0 saturated heterocycles. The quantitative estimate of drug-likeness (QED) is 0.613. The second kappa shape index (κ2) is 9.67. The second-order valence-corrected chi connectivity index (χ2v) is 4.24. The van der Waals surface area contributed by atoms with E-state index in [2.05, 4.69) is 43.1 Å². The summed E-state index contributed by atoms with van der Waals surface area (Å²) in [4.78, 5) is 4.47. The van der Waals surface area contributed by atoms with Crippen LogP contribution >= 0.6 is 0 Å². The van der Waals surface area contributed by atoms with E-state index >= 15 is 0 Å². The summed E-state index contributed by atoms with van der Waals surface area (Å²) in [6.45, 7) is 0.693. The van der Waals surface area contributed by atoms with E-state index in [0.717, 1.165) is 5.69 Å². The predicted molar refractivity (Wildman–Crippen MR) is 70.9 cm³/mol. The summed E-state index contributed by atoms with van der Waals surface area (Å²) >= 11 is 0. The van der Waals surface area contributed by atoms with Crippen molar-refractivity contribution in [2.75, 3.05) is 0 Å². The number of hydrogen-bond donors (Lipinski definition) is 0. The summed E-state index contributed by atoms with van der Waals surface area (Å²) in [5, 5.41) is 0. The van der Waals surface area contributed by atoms with Gasteiger partial charge in [-0.25, -0.2) is 0 Å². The van der Waals surface area contributed by atoms with Gasteiger partial charge in [0.25, 0.3) is 0 Å². The van der Waals surface area contributed by atoms with Crippen molar-refractivity contribution < 1.29 is 33.3 Å². The van der Waals surface area contributed by atoms with Gasteiger partial charge in [0.05, 0.1) is 5.69 Å². The third-order valence-corrected chi connectivity index (χ3v) is 2.52. The Labute approximate surface area is 130 Å². The molecule has 20 heavy (non-hydrogen) atoms. The van der Waals surface area contributed by atoms with Crippen LogP contribution in [-0.2, 0) is 20.1 Å². The summed E-state index contributed by atoms with van der Waals surface area (Å²) in [6, 6.07) is 14.5. The third kappa shape index (κ3) is 6.83. The Morgan fingerprint density at radius 3 is 1.85 bits per heavy atom. The number of benzene rings is 1.